The predicted molar refractivity (Wildman–Crippen MR) is 85.0 cm³/mol. The van der Waals surface area contributed by atoms with E-state index in [4.69, 9.17) is 16.3 Å². The highest BCUT2D eigenvalue weighted by Gasteiger charge is 2.31. The molecule has 0 N–H and O–H groups in total. The maximum absolute atomic E-state index is 12.8. The van der Waals surface area contributed by atoms with Gasteiger partial charge in [0.25, 0.3) is 5.91 Å². The van der Waals surface area contributed by atoms with E-state index in [1.54, 1.807) is 12.1 Å². The van der Waals surface area contributed by atoms with Gasteiger partial charge >= 0.3 is 0 Å². The molecule has 21 heavy (non-hydrogen) atoms. The molecule has 6 heteroatoms. The van der Waals surface area contributed by atoms with Gasteiger partial charge < -0.3 is 9.64 Å². The van der Waals surface area contributed by atoms with Crippen molar-refractivity contribution in [2.75, 3.05) is 24.7 Å². The zero-order valence-corrected chi connectivity index (χ0v) is 13.4. The highest BCUT2D eigenvalue weighted by Crippen LogP contribution is 2.25. The zero-order valence-electron chi connectivity index (χ0n) is 11.8. The van der Waals surface area contributed by atoms with Gasteiger partial charge in [0.1, 0.15) is 5.69 Å². The van der Waals surface area contributed by atoms with E-state index in [1.165, 1.54) is 6.20 Å². The minimum Gasteiger partial charge on any atom is -0.376 e. The molecule has 114 valence electrons. The van der Waals surface area contributed by atoms with Crippen molar-refractivity contribution in [1.29, 1.82) is 0 Å². The van der Waals surface area contributed by atoms with Crippen LogP contribution in [0.15, 0.2) is 18.3 Å². The molecule has 2 aliphatic rings. The third-order valence-corrected chi connectivity index (χ3v) is 5.35. The second kappa shape index (κ2) is 6.99. The smallest absolute Gasteiger partial charge is 0.272 e. The Labute approximate surface area is 134 Å². The van der Waals surface area contributed by atoms with E-state index >= 15 is 0 Å². The molecule has 0 saturated carbocycles. The Balaban J connectivity index is 1.76. The Morgan fingerprint density at radius 3 is 3.00 bits per heavy atom. The van der Waals surface area contributed by atoms with Crippen molar-refractivity contribution in [1.82, 2.24) is 9.88 Å². The normalized spacial score (nSPS) is 25.2. The molecule has 3 heterocycles. The van der Waals surface area contributed by atoms with Crippen LogP contribution >= 0.6 is 23.4 Å². The number of aromatic nitrogens is 1. The number of carbonyl (C=O) groups excluding carboxylic acids is 1. The van der Waals surface area contributed by atoms with Gasteiger partial charge in [-0.25, -0.2) is 4.98 Å². The topological polar surface area (TPSA) is 42.4 Å². The molecule has 1 aromatic rings. The third-order valence-electron chi connectivity index (χ3n) is 3.98. The van der Waals surface area contributed by atoms with Crippen LogP contribution in [0.5, 0.6) is 0 Å². The van der Waals surface area contributed by atoms with Crippen molar-refractivity contribution in [2.24, 2.45) is 0 Å². The van der Waals surface area contributed by atoms with E-state index < -0.39 is 0 Å². The van der Waals surface area contributed by atoms with Crippen molar-refractivity contribution >= 4 is 29.3 Å². The van der Waals surface area contributed by atoms with Gasteiger partial charge in [0.2, 0.25) is 0 Å². The van der Waals surface area contributed by atoms with Crippen LogP contribution in [-0.2, 0) is 4.74 Å². The van der Waals surface area contributed by atoms with E-state index in [0.29, 0.717) is 23.3 Å². The molecule has 1 aromatic heterocycles. The van der Waals surface area contributed by atoms with Crippen LogP contribution < -0.4 is 0 Å². The second-order valence-corrected chi connectivity index (χ2v) is 7.06. The van der Waals surface area contributed by atoms with Crippen molar-refractivity contribution in [2.45, 2.75) is 31.4 Å². The first-order chi connectivity index (χ1) is 10.2. The van der Waals surface area contributed by atoms with Gasteiger partial charge in [0.05, 0.1) is 11.1 Å². The lowest BCUT2D eigenvalue weighted by Crippen LogP contribution is -2.45. The standard InChI is InChI=1S/C15H19ClN2O2S/c16-11-3-4-14(17-8-11)15(19)18(12-5-7-21-10-12)9-13-2-1-6-20-13/h3-4,8,12-13H,1-2,5-7,9-10H2/t12-,13-/m1/s1. The molecule has 0 aliphatic carbocycles. The van der Waals surface area contributed by atoms with Crippen LogP contribution in [-0.4, -0.2) is 52.6 Å². The number of carbonyl (C=O) groups is 1. The highest BCUT2D eigenvalue weighted by molar-refractivity contribution is 7.99. The lowest BCUT2D eigenvalue weighted by molar-refractivity contribution is 0.0437. The molecule has 3 rings (SSSR count). The van der Waals surface area contributed by atoms with E-state index in [9.17, 15) is 4.79 Å². The summed E-state index contributed by atoms with van der Waals surface area (Å²) in [6.07, 6.45) is 4.88. The van der Waals surface area contributed by atoms with E-state index in [2.05, 4.69) is 4.98 Å². The van der Waals surface area contributed by atoms with E-state index in [-0.39, 0.29) is 12.0 Å². The first-order valence-corrected chi connectivity index (χ1v) is 8.89. The lowest BCUT2D eigenvalue weighted by Gasteiger charge is -2.30. The Hall–Kier alpha value is -0.780. The molecule has 2 aliphatic heterocycles. The summed E-state index contributed by atoms with van der Waals surface area (Å²) < 4.78 is 5.71. The van der Waals surface area contributed by atoms with E-state index in [0.717, 1.165) is 37.4 Å². The number of pyridine rings is 1. The number of thioether (sulfide) groups is 1. The average molecular weight is 327 g/mol. The zero-order chi connectivity index (χ0) is 14.7. The average Bonchev–Trinajstić information content (AvgIpc) is 3.18. The van der Waals surface area contributed by atoms with Crippen molar-refractivity contribution < 1.29 is 9.53 Å². The quantitative estimate of drug-likeness (QED) is 0.853. The van der Waals surface area contributed by atoms with Gasteiger partial charge in [-0.1, -0.05) is 11.6 Å². The monoisotopic (exact) mass is 326 g/mol. The summed E-state index contributed by atoms with van der Waals surface area (Å²) in [4.78, 5) is 18.9. The molecular weight excluding hydrogens is 308 g/mol. The third kappa shape index (κ3) is 3.71. The Morgan fingerprint density at radius 2 is 2.38 bits per heavy atom. The Bertz CT molecular complexity index is 485. The summed E-state index contributed by atoms with van der Waals surface area (Å²) in [6, 6.07) is 3.72. The number of nitrogens with zero attached hydrogens (tertiary/aromatic N) is 2. The summed E-state index contributed by atoms with van der Waals surface area (Å²) in [5.41, 5.74) is 0.467. The summed E-state index contributed by atoms with van der Waals surface area (Å²) in [6.45, 7) is 1.49. The fraction of sp³-hybridized carbons (Fsp3) is 0.600. The van der Waals surface area contributed by atoms with Crippen molar-refractivity contribution in [3.05, 3.63) is 29.0 Å². The minimum atomic E-state index is -0.00494. The fourth-order valence-corrected chi connectivity index (χ4v) is 4.16. The Morgan fingerprint density at radius 1 is 1.48 bits per heavy atom. The van der Waals surface area contributed by atoms with Gasteiger partial charge in [0, 0.05) is 31.1 Å². The molecule has 2 fully saturated rings. The molecule has 0 spiro atoms. The van der Waals surface area contributed by atoms with E-state index in [1.807, 2.05) is 16.7 Å². The van der Waals surface area contributed by atoms with Crippen molar-refractivity contribution in [3.63, 3.8) is 0 Å². The maximum atomic E-state index is 12.8. The van der Waals surface area contributed by atoms with Crippen molar-refractivity contribution in [3.8, 4) is 0 Å². The maximum Gasteiger partial charge on any atom is 0.272 e. The van der Waals surface area contributed by atoms with Gasteiger partial charge in [-0.15, -0.1) is 0 Å². The SMILES string of the molecule is O=C(c1ccc(Cl)cn1)N(C[C@H]1CCCO1)[C@@H]1CCSC1. The van der Waals surface area contributed by atoms with Gasteiger partial charge in [-0.2, -0.15) is 11.8 Å². The number of amides is 1. The molecule has 0 unspecified atom stereocenters. The van der Waals surface area contributed by atoms with Crippen LogP contribution in [0.3, 0.4) is 0 Å². The number of hydrogen-bond donors (Lipinski definition) is 0. The molecule has 2 saturated heterocycles. The fourth-order valence-electron chi connectivity index (χ4n) is 2.82. The number of hydrogen-bond acceptors (Lipinski definition) is 4. The summed E-state index contributed by atoms with van der Waals surface area (Å²) in [5.74, 6) is 2.12. The molecule has 0 bridgehead atoms. The van der Waals surface area contributed by atoms with Crippen LogP contribution in [0.25, 0.3) is 0 Å². The molecule has 0 aromatic carbocycles. The molecular formula is C15H19ClN2O2S. The summed E-state index contributed by atoms with van der Waals surface area (Å²) >= 11 is 7.76. The van der Waals surface area contributed by atoms with Crippen LogP contribution in [0, 0.1) is 0 Å². The lowest BCUT2D eigenvalue weighted by atomic mass is 10.1. The summed E-state index contributed by atoms with van der Waals surface area (Å²) in [5, 5.41) is 0.550. The number of ether oxygens (including phenoxy) is 1. The molecule has 4 nitrogen and oxygen atoms in total. The molecule has 1 amide bonds. The summed E-state index contributed by atoms with van der Waals surface area (Å²) in [7, 11) is 0. The number of halogens is 1. The van der Waals surface area contributed by atoms with Gasteiger partial charge in [0.15, 0.2) is 0 Å². The first-order valence-electron chi connectivity index (χ1n) is 7.36. The minimum absolute atomic E-state index is 0.00494. The molecule has 2 atom stereocenters. The predicted octanol–water partition coefficient (Wildman–Crippen LogP) is 2.86. The largest absolute Gasteiger partial charge is 0.376 e. The first kappa shape index (κ1) is 15.1. The Kier molecular flexibility index (Phi) is 5.03. The van der Waals surface area contributed by atoms with Crippen LogP contribution in [0.1, 0.15) is 29.8 Å². The van der Waals surface area contributed by atoms with Gasteiger partial charge in [-0.05, 0) is 37.1 Å². The molecule has 0 radical (unpaired) electrons. The van der Waals surface area contributed by atoms with Gasteiger partial charge in [-0.3, -0.25) is 4.79 Å². The second-order valence-electron chi connectivity index (χ2n) is 5.47. The number of rotatable bonds is 4. The highest BCUT2D eigenvalue weighted by atomic mass is 35.5. The van der Waals surface area contributed by atoms with Crippen LogP contribution in [0.2, 0.25) is 5.02 Å². The van der Waals surface area contributed by atoms with Crippen LogP contribution in [0.4, 0.5) is 0 Å².